The molecule has 0 N–H and O–H groups in total. The SMILES string of the molecule is Cc1cc2c(-n3c4ccccc4c4ccccc43)cccc2[cH-]1.Cc1cc2c(-n3c4ccccc4c4ccccc43)cccc2[cH-]1.[Hf]. The first-order chi connectivity index (χ1) is 22.7. The molecular formula is C44H32HfN2-2. The van der Waals surface area contributed by atoms with Crippen molar-refractivity contribution in [1.29, 1.82) is 0 Å². The first-order valence-corrected chi connectivity index (χ1v) is 15.9. The molecule has 2 heterocycles. The molecule has 2 aromatic heterocycles. The Morgan fingerprint density at radius 2 is 0.681 bits per heavy atom. The zero-order valence-electron chi connectivity index (χ0n) is 26.4. The molecule has 0 radical (unpaired) electrons. The van der Waals surface area contributed by atoms with Crippen molar-refractivity contribution in [3.8, 4) is 11.4 Å². The quantitative estimate of drug-likeness (QED) is 0.122. The van der Waals surface area contributed by atoms with Crippen LogP contribution in [0.2, 0.25) is 0 Å². The maximum atomic E-state index is 2.40. The van der Waals surface area contributed by atoms with E-state index in [-0.39, 0.29) is 25.8 Å². The van der Waals surface area contributed by atoms with Crippen LogP contribution in [0.5, 0.6) is 0 Å². The first kappa shape index (κ1) is 29.4. The van der Waals surface area contributed by atoms with Gasteiger partial charge in [-0.2, -0.15) is 12.1 Å². The molecule has 0 saturated carbocycles. The molecular weight excluding hydrogens is 735 g/mol. The monoisotopic (exact) mass is 768 g/mol. The molecule has 0 spiro atoms. The van der Waals surface area contributed by atoms with E-state index in [4.69, 9.17) is 0 Å². The zero-order valence-corrected chi connectivity index (χ0v) is 30.0. The summed E-state index contributed by atoms with van der Waals surface area (Å²) in [6.07, 6.45) is 0. The summed E-state index contributed by atoms with van der Waals surface area (Å²) in [5.41, 5.74) is 10.2. The van der Waals surface area contributed by atoms with E-state index in [0.29, 0.717) is 0 Å². The Morgan fingerprint density at radius 1 is 0.362 bits per heavy atom. The predicted octanol–water partition coefficient (Wildman–Crippen LogP) is 11.9. The fourth-order valence-corrected chi connectivity index (χ4v) is 7.49. The second-order valence-electron chi connectivity index (χ2n) is 12.4. The van der Waals surface area contributed by atoms with Crippen LogP contribution in [0.1, 0.15) is 11.1 Å². The number of aromatic nitrogens is 2. The summed E-state index contributed by atoms with van der Waals surface area (Å²) in [6, 6.07) is 56.9. The zero-order chi connectivity index (χ0) is 30.8. The van der Waals surface area contributed by atoms with E-state index in [1.807, 2.05) is 0 Å². The average Bonchev–Trinajstić information content (AvgIpc) is 3.84. The minimum absolute atomic E-state index is 0. The Bertz CT molecular complexity index is 2430. The van der Waals surface area contributed by atoms with Crippen molar-refractivity contribution < 1.29 is 25.8 Å². The molecule has 0 atom stereocenters. The second kappa shape index (κ2) is 11.7. The van der Waals surface area contributed by atoms with Gasteiger partial charge in [-0.1, -0.05) is 98.8 Å². The molecule has 0 amide bonds. The van der Waals surface area contributed by atoms with Crippen LogP contribution >= 0.6 is 0 Å². The number of hydrogen-bond donors (Lipinski definition) is 0. The van der Waals surface area contributed by atoms with Gasteiger partial charge in [0.15, 0.2) is 0 Å². The van der Waals surface area contributed by atoms with Crippen LogP contribution in [0.3, 0.4) is 0 Å². The van der Waals surface area contributed by atoms with E-state index in [9.17, 15) is 0 Å². The van der Waals surface area contributed by atoms with Gasteiger partial charge < -0.3 is 9.13 Å². The van der Waals surface area contributed by atoms with Gasteiger partial charge in [0.1, 0.15) is 0 Å². The van der Waals surface area contributed by atoms with Crippen LogP contribution < -0.4 is 0 Å². The molecule has 8 aromatic carbocycles. The normalized spacial score (nSPS) is 11.4. The Morgan fingerprint density at radius 3 is 1.02 bits per heavy atom. The Hall–Kier alpha value is -4.99. The predicted molar refractivity (Wildman–Crippen MR) is 197 cm³/mol. The third kappa shape index (κ3) is 4.72. The van der Waals surface area contributed by atoms with Crippen molar-refractivity contribution in [2.75, 3.05) is 0 Å². The van der Waals surface area contributed by atoms with Crippen LogP contribution in [0, 0.1) is 13.8 Å². The van der Waals surface area contributed by atoms with Crippen molar-refractivity contribution >= 4 is 65.2 Å². The molecule has 47 heavy (non-hydrogen) atoms. The first-order valence-electron chi connectivity index (χ1n) is 15.9. The maximum Gasteiger partial charge on any atom is 0.0532 e. The smallest absolute Gasteiger partial charge is 0.0532 e. The standard InChI is InChI=1S/2C22H16N.Hf/c2*1-15-13-16-7-6-12-22(19(16)14-15)23-20-10-4-2-8-17(20)18-9-3-5-11-21(18)23;/h2*2-14H,1H3;/q2*-1;. The fraction of sp³-hybridized carbons (Fsp3) is 0.0455. The molecule has 0 aliphatic rings. The van der Waals surface area contributed by atoms with Gasteiger partial charge in [-0.05, 0) is 24.3 Å². The minimum Gasteiger partial charge on any atom is -0.318 e. The van der Waals surface area contributed by atoms with Crippen LogP contribution in [0.15, 0.2) is 158 Å². The van der Waals surface area contributed by atoms with E-state index in [0.717, 1.165) is 0 Å². The maximum absolute atomic E-state index is 2.40. The van der Waals surface area contributed by atoms with Crippen molar-refractivity contribution in [2.24, 2.45) is 0 Å². The molecule has 10 rings (SSSR count). The van der Waals surface area contributed by atoms with Gasteiger partial charge in [0.25, 0.3) is 0 Å². The topological polar surface area (TPSA) is 9.86 Å². The van der Waals surface area contributed by atoms with Crippen molar-refractivity contribution in [1.82, 2.24) is 9.13 Å². The number of fused-ring (bicyclic) bond motifs is 8. The third-order valence-electron chi connectivity index (χ3n) is 9.39. The third-order valence-corrected chi connectivity index (χ3v) is 9.39. The molecule has 3 heteroatoms. The van der Waals surface area contributed by atoms with Crippen molar-refractivity contribution in [2.45, 2.75) is 13.8 Å². The van der Waals surface area contributed by atoms with Gasteiger partial charge in [0, 0.05) is 58.8 Å². The summed E-state index contributed by atoms with van der Waals surface area (Å²) in [5.74, 6) is 0. The van der Waals surface area contributed by atoms with Gasteiger partial charge in [0.05, 0.1) is 22.1 Å². The summed E-state index contributed by atoms with van der Waals surface area (Å²) < 4.78 is 4.79. The molecule has 0 fully saturated rings. The summed E-state index contributed by atoms with van der Waals surface area (Å²) in [6.45, 7) is 4.32. The van der Waals surface area contributed by atoms with Crippen molar-refractivity contribution in [3.63, 3.8) is 0 Å². The number of benzene rings is 6. The van der Waals surface area contributed by atoms with E-state index in [1.54, 1.807) is 0 Å². The van der Waals surface area contributed by atoms with Crippen LogP contribution in [0.25, 0.3) is 76.5 Å². The van der Waals surface area contributed by atoms with Crippen LogP contribution in [-0.4, -0.2) is 9.13 Å². The number of rotatable bonds is 2. The Labute approximate surface area is 292 Å². The number of para-hydroxylation sites is 4. The molecule has 0 aliphatic heterocycles. The minimum atomic E-state index is 0. The second-order valence-corrected chi connectivity index (χ2v) is 12.4. The molecule has 0 bridgehead atoms. The van der Waals surface area contributed by atoms with Gasteiger partial charge in [-0.25, -0.2) is 0 Å². The van der Waals surface area contributed by atoms with Crippen LogP contribution in [-0.2, 0) is 25.8 Å². The van der Waals surface area contributed by atoms with Crippen molar-refractivity contribution in [3.05, 3.63) is 169 Å². The molecule has 10 aromatic rings. The van der Waals surface area contributed by atoms with E-state index in [1.165, 1.54) is 87.7 Å². The summed E-state index contributed by atoms with van der Waals surface area (Å²) in [7, 11) is 0. The number of aryl methyl sites for hydroxylation is 2. The Balaban J connectivity index is 0.000000135. The van der Waals surface area contributed by atoms with Gasteiger partial charge in [-0.15, -0.1) is 69.1 Å². The average molecular weight is 767 g/mol. The summed E-state index contributed by atoms with van der Waals surface area (Å²) >= 11 is 0. The summed E-state index contributed by atoms with van der Waals surface area (Å²) in [4.78, 5) is 0. The fourth-order valence-electron chi connectivity index (χ4n) is 7.49. The molecule has 2 nitrogen and oxygen atoms in total. The summed E-state index contributed by atoms with van der Waals surface area (Å²) in [5, 5.41) is 10.5. The molecule has 0 aliphatic carbocycles. The molecule has 0 saturated heterocycles. The van der Waals surface area contributed by atoms with Gasteiger partial charge in [0.2, 0.25) is 0 Å². The van der Waals surface area contributed by atoms with Gasteiger partial charge in [-0.3, -0.25) is 0 Å². The molecule has 0 unspecified atom stereocenters. The van der Waals surface area contributed by atoms with Crippen LogP contribution in [0.4, 0.5) is 0 Å². The Kier molecular flexibility index (Phi) is 7.30. The molecule has 224 valence electrons. The number of nitrogens with zero attached hydrogens (tertiary/aromatic N) is 2. The van der Waals surface area contributed by atoms with E-state index >= 15 is 0 Å². The van der Waals surface area contributed by atoms with E-state index < -0.39 is 0 Å². The van der Waals surface area contributed by atoms with Gasteiger partial charge >= 0.3 is 0 Å². The largest absolute Gasteiger partial charge is 0.318 e. The number of hydrogen-bond acceptors (Lipinski definition) is 0. The van der Waals surface area contributed by atoms with E-state index in [2.05, 4.69) is 181 Å².